The van der Waals surface area contributed by atoms with Crippen LogP contribution in [0.2, 0.25) is 0 Å². The number of nitrogens with one attached hydrogen (secondary N) is 2. The number of carbonyl (C=O) groups is 2. The van der Waals surface area contributed by atoms with E-state index in [2.05, 4.69) is 10.6 Å². The van der Waals surface area contributed by atoms with E-state index in [-0.39, 0.29) is 30.3 Å². The van der Waals surface area contributed by atoms with Crippen molar-refractivity contribution in [1.29, 1.82) is 0 Å². The van der Waals surface area contributed by atoms with Crippen LogP contribution in [0.15, 0.2) is 42.5 Å². The molecule has 3 amide bonds. The van der Waals surface area contributed by atoms with E-state index < -0.39 is 0 Å². The lowest BCUT2D eigenvalue weighted by Crippen LogP contribution is -2.45. The summed E-state index contributed by atoms with van der Waals surface area (Å²) in [5, 5.41) is 5.88. The van der Waals surface area contributed by atoms with Crippen LogP contribution in [-0.2, 0) is 4.79 Å². The number of carbonyl (C=O) groups excluding carboxylic acids is 2. The number of rotatable bonds is 3. The molecule has 7 heteroatoms. The van der Waals surface area contributed by atoms with Gasteiger partial charge in [0.05, 0.1) is 5.92 Å². The van der Waals surface area contributed by atoms with E-state index in [1.54, 1.807) is 11.0 Å². The van der Waals surface area contributed by atoms with E-state index in [0.717, 1.165) is 35.3 Å². The Hall–Kier alpha value is -2.73. The summed E-state index contributed by atoms with van der Waals surface area (Å²) in [4.78, 5) is 27.0. The molecule has 6 nitrogen and oxygen atoms in total. The Balaban J connectivity index is 0.00000280. The monoisotopic (exact) mass is 402 g/mol. The summed E-state index contributed by atoms with van der Waals surface area (Å²) in [6, 6.07) is 13.0. The van der Waals surface area contributed by atoms with Gasteiger partial charge in [-0.3, -0.25) is 4.79 Å². The standard InChI is InChI=1S/C21H26N4O2.ClH/c1-14-5-3-7-18(11-14)23-21(27)25-10-4-6-16(13-25)20(26)24-19-12-17(22)9-8-15(19)2;/h3,5,7-9,11-12,16H,4,6,10,13,22H2,1-2H3,(H,23,27)(H,24,26);1H. The maximum Gasteiger partial charge on any atom is 0.321 e. The molecule has 1 heterocycles. The minimum absolute atomic E-state index is 0. The van der Waals surface area contributed by atoms with E-state index in [1.807, 2.05) is 50.2 Å². The molecule has 1 unspecified atom stereocenters. The number of benzene rings is 2. The maximum absolute atomic E-state index is 12.7. The van der Waals surface area contributed by atoms with Crippen LogP contribution in [0.5, 0.6) is 0 Å². The van der Waals surface area contributed by atoms with Gasteiger partial charge in [-0.05, 0) is 62.1 Å². The molecule has 0 spiro atoms. The lowest BCUT2D eigenvalue weighted by atomic mass is 9.97. The van der Waals surface area contributed by atoms with Crippen molar-refractivity contribution in [3.63, 3.8) is 0 Å². The molecule has 3 rings (SSSR count). The average Bonchev–Trinajstić information content (AvgIpc) is 2.65. The largest absolute Gasteiger partial charge is 0.399 e. The number of amides is 3. The molecule has 0 bridgehead atoms. The number of piperidine rings is 1. The molecule has 0 aromatic heterocycles. The highest BCUT2D eigenvalue weighted by atomic mass is 35.5. The fourth-order valence-electron chi connectivity index (χ4n) is 3.31. The molecular formula is C21H27ClN4O2. The van der Waals surface area contributed by atoms with E-state index >= 15 is 0 Å². The fraction of sp³-hybridized carbons (Fsp3) is 0.333. The maximum atomic E-state index is 12.7. The predicted molar refractivity (Wildman–Crippen MR) is 116 cm³/mol. The highest BCUT2D eigenvalue weighted by molar-refractivity contribution is 5.95. The van der Waals surface area contributed by atoms with Gasteiger partial charge in [0.15, 0.2) is 0 Å². The summed E-state index contributed by atoms with van der Waals surface area (Å²) in [7, 11) is 0. The third-order valence-electron chi connectivity index (χ3n) is 4.87. The van der Waals surface area contributed by atoms with Crippen molar-refractivity contribution in [2.24, 2.45) is 5.92 Å². The summed E-state index contributed by atoms with van der Waals surface area (Å²) in [6.45, 7) is 4.97. The Morgan fingerprint density at radius 2 is 1.89 bits per heavy atom. The van der Waals surface area contributed by atoms with Gasteiger partial charge < -0.3 is 21.3 Å². The quantitative estimate of drug-likeness (QED) is 0.672. The molecule has 1 saturated heterocycles. The van der Waals surface area contributed by atoms with Crippen molar-refractivity contribution in [3.05, 3.63) is 53.6 Å². The summed E-state index contributed by atoms with van der Waals surface area (Å²) >= 11 is 0. The first-order valence-electron chi connectivity index (χ1n) is 9.22. The number of hydrogen-bond acceptors (Lipinski definition) is 3. The van der Waals surface area contributed by atoms with Gasteiger partial charge in [0.1, 0.15) is 0 Å². The zero-order valence-electron chi connectivity index (χ0n) is 16.2. The summed E-state index contributed by atoms with van der Waals surface area (Å²) in [6.07, 6.45) is 1.57. The second kappa shape index (κ2) is 9.46. The lowest BCUT2D eigenvalue weighted by molar-refractivity contribution is -0.121. The van der Waals surface area contributed by atoms with E-state index in [4.69, 9.17) is 5.73 Å². The van der Waals surface area contributed by atoms with Crippen molar-refractivity contribution in [1.82, 2.24) is 4.90 Å². The number of anilines is 3. The molecular weight excluding hydrogens is 376 g/mol. The van der Waals surface area contributed by atoms with Crippen LogP contribution in [0.4, 0.5) is 21.9 Å². The Morgan fingerprint density at radius 1 is 1.11 bits per heavy atom. The number of nitrogens with zero attached hydrogens (tertiary/aromatic N) is 1. The van der Waals surface area contributed by atoms with Crippen LogP contribution >= 0.6 is 12.4 Å². The molecule has 2 aromatic carbocycles. The third-order valence-corrected chi connectivity index (χ3v) is 4.87. The minimum atomic E-state index is -0.233. The number of urea groups is 1. The molecule has 28 heavy (non-hydrogen) atoms. The van der Waals surface area contributed by atoms with Gasteiger partial charge >= 0.3 is 6.03 Å². The highest BCUT2D eigenvalue weighted by Crippen LogP contribution is 2.23. The Morgan fingerprint density at radius 3 is 2.64 bits per heavy atom. The normalized spacial score (nSPS) is 16.1. The van der Waals surface area contributed by atoms with Crippen molar-refractivity contribution >= 4 is 41.4 Å². The lowest BCUT2D eigenvalue weighted by Gasteiger charge is -2.32. The fourth-order valence-corrected chi connectivity index (χ4v) is 3.31. The molecule has 1 atom stereocenters. The van der Waals surface area contributed by atoms with Gasteiger partial charge in [0.2, 0.25) is 5.91 Å². The Bertz CT molecular complexity index is 856. The molecule has 1 fully saturated rings. The summed E-state index contributed by atoms with van der Waals surface area (Å²) in [5.41, 5.74) is 9.96. The first-order valence-corrected chi connectivity index (χ1v) is 9.22. The molecule has 4 N–H and O–H groups in total. The SMILES string of the molecule is Cc1cccc(NC(=O)N2CCCC(C(=O)Nc3cc(N)ccc3C)C2)c1.Cl. The van der Waals surface area contributed by atoms with Gasteiger partial charge in [0.25, 0.3) is 0 Å². The molecule has 0 aliphatic carbocycles. The number of hydrogen-bond donors (Lipinski definition) is 3. The molecule has 1 aliphatic rings. The molecule has 0 radical (unpaired) electrons. The number of nitrogen functional groups attached to an aromatic ring is 1. The molecule has 0 saturated carbocycles. The first kappa shape index (κ1) is 21.6. The zero-order chi connectivity index (χ0) is 19.4. The van der Waals surface area contributed by atoms with Crippen LogP contribution in [0.1, 0.15) is 24.0 Å². The van der Waals surface area contributed by atoms with Crippen LogP contribution in [-0.4, -0.2) is 29.9 Å². The topological polar surface area (TPSA) is 87.5 Å². The van der Waals surface area contributed by atoms with Crippen LogP contribution in [0.3, 0.4) is 0 Å². The van der Waals surface area contributed by atoms with Gasteiger partial charge in [-0.25, -0.2) is 4.79 Å². The van der Waals surface area contributed by atoms with Crippen molar-refractivity contribution in [3.8, 4) is 0 Å². The Labute approximate surface area is 171 Å². The van der Waals surface area contributed by atoms with E-state index in [9.17, 15) is 9.59 Å². The molecule has 150 valence electrons. The van der Waals surface area contributed by atoms with Crippen molar-refractivity contribution < 1.29 is 9.59 Å². The third kappa shape index (κ3) is 5.39. The van der Waals surface area contributed by atoms with Crippen LogP contribution in [0, 0.1) is 19.8 Å². The number of nitrogens with two attached hydrogens (primary N) is 1. The van der Waals surface area contributed by atoms with Crippen molar-refractivity contribution in [2.45, 2.75) is 26.7 Å². The summed E-state index contributed by atoms with van der Waals surface area (Å²) in [5.74, 6) is -0.306. The van der Waals surface area contributed by atoms with Crippen LogP contribution < -0.4 is 16.4 Å². The second-order valence-electron chi connectivity index (χ2n) is 7.15. The predicted octanol–water partition coefficient (Wildman–Crippen LogP) is 4.19. The van der Waals surface area contributed by atoms with E-state index in [1.165, 1.54) is 0 Å². The average molecular weight is 403 g/mol. The minimum Gasteiger partial charge on any atom is -0.399 e. The van der Waals surface area contributed by atoms with E-state index in [0.29, 0.717) is 18.8 Å². The molecule has 2 aromatic rings. The highest BCUT2D eigenvalue weighted by Gasteiger charge is 2.28. The number of halogens is 1. The smallest absolute Gasteiger partial charge is 0.321 e. The first-order chi connectivity index (χ1) is 12.9. The van der Waals surface area contributed by atoms with Crippen LogP contribution in [0.25, 0.3) is 0 Å². The zero-order valence-corrected chi connectivity index (χ0v) is 17.0. The summed E-state index contributed by atoms with van der Waals surface area (Å²) < 4.78 is 0. The Kier molecular flexibility index (Phi) is 7.29. The van der Waals surface area contributed by atoms with Gasteiger partial charge in [0, 0.05) is 30.2 Å². The van der Waals surface area contributed by atoms with Gasteiger partial charge in [-0.15, -0.1) is 12.4 Å². The van der Waals surface area contributed by atoms with Crippen molar-refractivity contribution in [2.75, 3.05) is 29.5 Å². The number of likely N-dealkylation sites (tertiary alicyclic amines) is 1. The molecule has 1 aliphatic heterocycles. The second-order valence-corrected chi connectivity index (χ2v) is 7.15. The number of aryl methyl sites for hydroxylation is 2. The van der Waals surface area contributed by atoms with Gasteiger partial charge in [-0.2, -0.15) is 0 Å². The van der Waals surface area contributed by atoms with Gasteiger partial charge in [-0.1, -0.05) is 18.2 Å².